The monoisotopic (exact) mass is 161 g/mol. The van der Waals surface area contributed by atoms with E-state index in [4.69, 9.17) is 0 Å². The van der Waals surface area contributed by atoms with Crippen molar-refractivity contribution in [2.75, 3.05) is 17.2 Å². The fraction of sp³-hybridized carbons (Fsp3) is 0.111. The number of carbonyl (C=O) groups is 1. The molecule has 1 radical (unpaired) electrons. The van der Waals surface area contributed by atoms with Crippen LogP contribution in [0, 0.1) is 6.92 Å². The summed E-state index contributed by atoms with van der Waals surface area (Å²) in [5.74, 6) is -0.000637. The Morgan fingerprint density at radius 1 is 1.33 bits per heavy atom. The van der Waals surface area contributed by atoms with Crippen molar-refractivity contribution in [1.29, 1.82) is 0 Å². The van der Waals surface area contributed by atoms with Crippen molar-refractivity contribution in [1.82, 2.24) is 0 Å². The van der Waals surface area contributed by atoms with Crippen molar-refractivity contribution < 1.29 is 4.79 Å². The topological polar surface area (TPSA) is 41.1 Å². The van der Waals surface area contributed by atoms with Gasteiger partial charge >= 0.3 is 0 Å². The summed E-state index contributed by atoms with van der Waals surface area (Å²) in [5, 5.41) is 5.76. The predicted molar refractivity (Wildman–Crippen MR) is 48.0 cm³/mol. The van der Waals surface area contributed by atoms with Crippen LogP contribution in [0.25, 0.3) is 0 Å². The molecule has 0 atom stereocenters. The van der Waals surface area contributed by atoms with Gasteiger partial charge in [0.2, 0.25) is 5.91 Å². The average Bonchev–Trinajstić information content (AvgIpc) is 2.05. The zero-order valence-electron chi connectivity index (χ0n) is 6.55. The minimum atomic E-state index is -0.000637. The molecule has 1 aliphatic rings. The molecular formula is C9H9N2O. The maximum Gasteiger partial charge on any atom is 0.243 e. The summed E-state index contributed by atoms with van der Waals surface area (Å²) in [4.78, 5) is 10.9. The Morgan fingerprint density at radius 3 is 3.00 bits per heavy atom. The van der Waals surface area contributed by atoms with E-state index in [1.807, 2.05) is 18.2 Å². The smallest absolute Gasteiger partial charge is 0.243 e. The number of rotatable bonds is 0. The van der Waals surface area contributed by atoms with E-state index in [2.05, 4.69) is 17.6 Å². The second-order valence-electron chi connectivity index (χ2n) is 2.78. The molecule has 2 N–H and O–H groups in total. The van der Waals surface area contributed by atoms with Crippen LogP contribution >= 0.6 is 0 Å². The maximum absolute atomic E-state index is 10.9. The zero-order valence-corrected chi connectivity index (χ0v) is 6.55. The van der Waals surface area contributed by atoms with Crippen LogP contribution in [0.4, 0.5) is 11.4 Å². The van der Waals surface area contributed by atoms with E-state index in [1.54, 1.807) is 0 Å². The second kappa shape index (κ2) is 2.52. The molecule has 0 saturated heterocycles. The first-order chi connectivity index (χ1) is 5.75. The van der Waals surface area contributed by atoms with Crippen molar-refractivity contribution in [3.8, 4) is 0 Å². The van der Waals surface area contributed by atoms with Gasteiger partial charge in [0.1, 0.15) is 0 Å². The van der Waals surface area contributed by atoms with E-state index < -0.39 is 0 Å². The quantitative estimate of drug-likeness (QED) is 0.601. The van der Waals surface area contributed by atoms with Crippen LogP contribution in [-0.2, 0) is 4.79 Å². The number of benzene rings is 1. The van der Waals surface area contributed by atoms with Crippen LogP contribution in [0.2, 0.25) is 0 Å². The first kappa shape index (κ1) is 7.16. The summed E-state index contributed by atoms with van der Waals surface area (Å²) < 4.78 is 0. The summed E-state index contributed by atoms with van der Waals surface area (Å²) in [7, 11) is 0. The Bertz CT molecular complexity index is 333. The van der Waals surface area contributed by atoms with Crippen molar-refractivity contribution >= 4 is 17.3 Å². The van der Waals surface area contributed by atoms with E-state index >= 15 is 0 Å². The molecule has 0 unspecified atom stereocenters. The van der Waals surface area contributed by atoms with Gasteiger partial charge in [0, 0.05) is 0 Å². The number of anilines is 2. The lowest BCUT2D eigenvalue weighted by Gasteiger charge is -2.18. The highest BCUT2D eigenvalue weighted by atomic mass is 16.2. The third-order valence-corrected chi connectivity index (χ3v) is 1.80. The van der Waals surface area contributed by atoms with Crippen LogP contribution in [0.5, 0.6) is 0 Å². The van der Waals surface area contributed by atoms with Gasteiger partial charge in [-0.25, -0.2) is 0 Å². The molecular weight excluding hydrogens is 152 g/mol. The van der Waals surface area contributed by atoms with E-state index in [1.165, 1.54) is 0 Å². The molecule has 0 fully saturated rings. The Kier molecular flexibility index (Phi) is 1.50. The lowest BCUT2D eigenvalue weighted by Crippen LogP contribution is -2.27. The number of fused-ring (bicyclic) bond motifs is 1. The minimum Gasteiger partial charge on any atom is -0.374 e. The van der Waals surface area contributed by atoms with Crippen LogP contribution < -0.4 is 10.6 Å². The fourth-order valence-electron chi connectivity index (χ4n) is 1.22. The van der Waals surface area contributed by atoms with Gasteiger partial charge in [-0.15, -0.1) is 0 Å². The molecule has 2 rings (SSSR count). The van der Waals surface area contributed by atoms with Gasteiger partial charge in [-0.05, 0) is 24.6 Å². The van der Waals surface area contributed by atoms with Crippen LogP contribution in [0.3, 0.4) is 0 Å². The highest BCUT2D eigenvalue weighted by molar-refractivity contribution is 6.00. The Hall–Kier alpha value is -1.51. The molecule has 12 heavy (non-hydrogen) atoms. The predicted octanol–water partition coefficient (Wildman–Crippen LogP) is 1.23. The molecule has 3 nitrogen and oxygen atoms in total. The highest BCUT2D eigenvalue weighted by Crippen LogP contribution is 2.24. The van der Waals surface area contributed by atoms with Crippen molar-refractivity contribution in [2.45, 2.75) is 0 Å². The SMILES string of the molecule is [CH2]c1ccc2c(c1)NCC(=O)N2. The van der Waals surface area contributed by atoms with Crippen molar-refractivity contribution in [2.24, 2.45) is 0 Å². The lowest BCUT2D eigenvalue weighted by molar-refractivity contribution is -0.114. The summed E-state index contributed by atoms with van der Waals surface area (Å²) in [6, 6.07) is 5.63. The standard InChI is InChI=1S/C9H9N2O/c1-6-2-3-7-8(4-6)10-5-9(12)11-7/h2-4,10H,1,5H2,(H,11,12). The van der Waals surface area contributed by atoms with Crippen molar-refractivity contribution in [3.05, 3.63) is 30.7 Å². The van der Waals surface area contributed by atoms with Gasteiger partial charge in [-0.1, -0.05) is 6.07 Å². The molecule has 1 heterocycles. The Balaban J connectivity index is 2.43. The second-order valence-corrected chi connectivity index (χ2v) is 2.78. The Morgan fingerprint density at radius 2 is 2.17 bits per heavy atom. The molecule has 0 bridgehead atoms. The molecule has 0 saturated carbocycles. The number of hydrogen-bond donors (Lipinski definition) is 2. The van der Waals surface area contributed by atoms with E-state index in [-0.39, 0.29) is 5.91 Å². The lowest BCUT2D eigenvalue weighted by atomic mass is 10.1. The highest BCUT2D eigenvalue weighted by Gasteiger charge is 2.12. The van der Waals surface area contributed by atoms with Gasteiger partial charge < -0.3 is 10.6 Å². The maximum atomic E-state index is 10.9. The zero-order chi connectivity index (χ0) is 8.55. The largest absolute Gasteiger partial charge is 0.374 e. The summed E-state index contributed by atoms with van der Waals surface area (Å²) in [5.41, 5.74) is 2.72. The molecule has 3 heteroatoms. The van der Waals surface area contributed by atoms with Gasteiger partial charge in [0.15, 0.2) is 0 Å². The number of hydrogen-bond acceptors (Lipinski definition) is 2. The average molecular weight is 161 g/mol. The summed E-state index contributed by atoms with van der Waals surface area (Å²) in [6.07, 6.45) is 0. The van der Waals surface area contributed by atoms with Gasteiger partial charge in [0.25, 0.3) is 0 Å². The Labute approximate surface area is 70.8 Å². The summed E-state index contributed by atoms with van der Waals surface area (Å²) in [6.45, 7) is 4.14. The normalized spacial score (nSPS) is 14.6. The number of carbonyl (C=O) groups excluding carboxylic acids is 1. The van der Waals surface area contributed by atoms with Crippen LogP contribution in [0.1, 0.15) is 5.56 Å². The minimum absolute atomic E-state index is 0.000637. The van der Waals surface area contributed by atoms with E-state index in [0.29, 0.717) is 6.54 Å². The molecule has 1 aromatic carbocycles. The number of amides is 1. The molecule has 1 aromatic rings. The van der Waals surface area contributed by atoms with E-state index in [0.717, 1.165) is 16.9 Å². The summed E-state index contributed by atoms with van der Waals surface area (Å²) >= 11 is 0. The molecule has 0 spiro atoms. The van der Waals surface area contributed by atoms with Crippen LogP contribution in [-0.4, -0.2) is 12.5 Å². The van der Waals surface area contributed by atoms with Crippen LogP contribution in [0.15, 0.2) is 18.2 Å². The molecule has 1 aliphatic heterocycles. The molecule has 0 aromatic heterocycles. The van der Waals surface area contributed by atoms with Gasteiger partial charge in [-0.3, -0.25) is 4.79 Å². The molecule has 1 amide bonds. The third-order valence-electron chi connectivity index (χ3n) is 1.80. The van der Waals surface area contributed by atoms with E-state index in [9.17, 15) is 4.79 Å². The molecule has 61 valence electrons. The fourth-order valence-corrected chi connectivity index (χ4v) is 1.22. The van der Waals surface area contributed by atoms with Gasteiger partial charge in [0.05, 0.1) is 17.9 Å². The number of nitrogens with one attached hydrogen (secondary N) is 2. The first-order valence-corrected chi connectivity index (χ1v) is 3.75. The first-order valence-electron chi connectivity index (χ1n) is 3.75. The van der Waals surface area contributed by atoms with Gasteiger partial charge in [-0.2, -0.15) is 0 Å². The molecule has 0 aliphatic carbocycles. The third kappa shape index (κ3) is 1.13. The van der Waals surface area contributed by atoms with Crippen molar-refractivity contribution in [3.63, 3.8) is 0 Å².